The number of furan rings is 1. The molecule has 0 fully saturated rings. The second-order valence-electron chi connectivity index (χ2n) is 4.63. The summed E-state index contributed by atoms with van der Waals surface area (Å²) in [7, 11) is 0. The van der Waals surface area contributed by atoms with Gasteiger partial charge in [-0.15, -0.1) is 0 Å². The van der Waals surface area contributed by atoms with Gasteiger partial charge in [-0.2, -0.15) is 0 Å². The van der Waals surface area contributed by atoms with Gasteiger partial charge in [-0.25, -0.2) is 0 Å². The molecule has 2 rings (SSSR count). The molecule has 1 aromatic heterocycles. The molecule has 98 valence electrons. The Hall–Kier alpha value is -0.990. The number of fused-ring (bicyclic) bond motifs is 1. The fourth-order valence-electron chi connectivity index (χ4n) is 2.16. The van der Waals surface area contributed by atoms with Gasteiger partial charge in [0, 0.05) is 10.4 Å². The zero-order valence-electron chi connectivity index (χ0n) is 11.0. The molecular formula is C15H20ClNO. The zero-order chi connectivity index (χ0) is 13.0. The Morgan fingerprint density at radius 1 is 1.22 bits per heavy atom. The van der Waals surface area contributed by atoms with E-state index < -0.39 is 0 Å². The van der Waals surface area contributed by atoms with Gasteiger partial charge in [-0.05, 0) is 43.7 Å². The summed E-state index contributed by atoms with van der Waals surface area (Å²) in [4.78, 5) is 0. The van der Waals surface area contributed by atoms with E-state index in [1.807, 2.05) is 18.2 Å². The molecule has 0 amide bonds. The molecule has 1 N–H and O–H groups in total. The van der Waals surface area contributed by atoms with Gasteiger partial charge in [0.25, 0.3) is 0 Å². The molecule has 1 atom stereocenters. The van der Waals surface area contributed by atoms with E-state index in [4.69, 9.17) is 16.0 Å². The molecule has 3 heteroatoms. The number of rotatable bonds is 6. The van der Waals surface area contributed by atoms with E-state index in [-0.39, 0.29) is 0 Å². The van der Waals surface area contributed by atoms with Crippen molar-refractivity contribution in [3.05, 3.63) is 35.0 Å². The molecule has 0 aliphatic heterocycles. The molecule has 1 aromatic carbocycles. The minimum Gasteiger partial charge on any atom is -0.459 e. The van der Waals surface area contributed by atoms with Gasteiger partial charge in [0.1, 0.15) is 11.3 Å². The molecule has 0 saturated heterocycles. The van der Waals surface area contributed by atoms with E-state index in [1.54, 1.807) is 0 Å². The largest absolute Gasteiger partial charge is 0.459 e. The lowest BCUT2D eigenvalue weighted by Crippen LogP contribution is -2.21. The van der Waals surface area contributed by atoms with E-state index in [2.05, 4.69) is 25.2 Å². The summed E-state index contributed by atoms with van der Waals surface area (Å²) in [5.41, 5.74) is 0.911. The highest BCUT2D eigenvalue weighted by Gasteiger charge is 2.14. The summed E-state index contributed by atoms with van der Waals surface area (Å²) < 4.78 is 5.91. The summed E-state index contributed by atoms with van der Waals surface area (Å²) in [5, 5.41) is 5.37. The van der Waals surface area contributed by atoms with Crippen LogP contribution in [0.2, 0.25) is 5.02 Å². The topological polar surface area (TPSA) is 25.2 Å². The predicted molar refractivity (Wildman–Crippen MR) is 77.2 cm³/mol. The van der Waals surface area contributed by atoms with E-state index in [9.17, 15) is 0 Å². The van der Waals surface area contributed by atoms with Crippen molar-refractivity contribution in [1.82, 2.24) is 5.32 Å². The van der Waals surface area contributed by atoms with Gasteiger partial charge in [0.15, 0.2) is 0 Å². The average molecular weight is 266 g/mol. The first-order valence-corrected chi connectivity index (χ1v) is 7.04. The molecular weight excluding hydrogens is 246 g/mol. The Bertz CT molecular complexity index is 506. The summed E-state index contributed by atoms with van der Waals surface area (Å²) in [6.07, 6.45) is 3.36. The van der Waals surface area contributed by atoms with Gasteiger partial charge in [0.05, 0.1) is 6.04 Å². The molecule has 1 unspecified atom stereocenters. The second-order valence-corrected chi connectivity index (χ2v) is 5.06. The van der Waals surface area contributed by atoms with Crippen LogP contribution in [0.25, 0.3) is 11.0 Å². The van der Waals surface area contributed by atoms with Gasteiger partial charge in [0.2, 0.25) is 0 Å². The van der Waals surface area contributed by atoms with Crippen LogP contribution in [0.15, 0.2) is 28.7 Å². The molecule has 18 heavy (non-hydrogen) atoms. The Morgan fingerprint density at radius 3 is 2.78 bits per heavy atom. The van der Waals surface area contributed by atoms with Crippen molar-refractivity contribution in [2.45, 2.75) is 39.2 Å². The van der Waals surface area contributed by atoms with Crippen LogP contribution in [0, 0.1) is 0 Å². The molecule has 2 nitrogen and oxygen atoms in total. The number of hydrogen-bond donors (Lipinski definition) is 1. The quantitative estimate of drug-likeness (QED) is 0.801. The van der Waals surface area contributed by atoms with Crippen molar-refractivity contribution in [3.8, 4) is 0 Å². The molecule has 2 aromatic rings. The highest BCUT2D eigenvalue weighted by Crippen LogP contribution is 2.28. The molecule has 0 aliphatic carbocycles. The Labute approximate surface area is 113 Å². The Morgan fingerprint density at radius 2 is 2.06 bits per heavy atom. The third-order valence-corrected chi connectivity index (χ3v) is 3.29. The van der Waals surface area contributed by atoms with Crippen molar-refractivity contribution < 1.29 is 4.42 Å². The molecule has 0 bridgehead atoms. The van der Waals surface area contributed by atoms with Crippen LogP contribution >= 0.6 is 11.6 Å². The van der Waals surface area contributed by atoms with E-state index in [0.29, 0.717) is 6.04 Å². The smallest absolute Gasteiger partial charge is 0.134 e. The Kier molecular flexibility index (Phi) is 4.67. The standard InChI is InChI=1S/C15H20ClNO/c1-3-5-13(17-8-4-2)15-10-11-9-12(16)6-7-14(11)18-15/h6-7,9-10,13,17H,3-5,8H2,1-2H3. The van der Waals surface area contributed by atoms with Crippen LogP contribution in [-0.2, 0) is 0 Å². The number of nitrogens with one attached hydrogen (secondary N) is 1. The molecule has 1 heterocycles. The van der Waals surface area contributed by atoms with Gasteiger partial charge in [-0.1, -0.05) is 31.9 Å². The third kappa shape index (κ3) is 3.06. The summed E-state index contributed by atoms with van der Waals surface area (Å²) >= 11 is 5.99. The number of benzene rings is 1. The van der Waals surface area contributed by atoms with Crippen molar-refractivity contribution in [1.29, 1.82) is 0 Å². The third-order valence-electron chi connectivity index (χ3n) is 3.06. The van der Waals surface area contributed by atoms with Crippen LogP contribution in [0.1, 0.15) is 44.9 Å². The maximum atomic E-state index is 5.99. The van der Waals surface area contributed by atoms with Gasteiger partial charge >= 0.3 is 0 Å². The van der Waals surface area contributed by atoms with Crippen molar-refractivity contribution in [2.24, 2.45) is 0 Å². The van der Waals surface area contributed by atoms with Crippen LogP contribution in [0.3, 0.4) is 0 Å². The normalized spacial score (nSPS) is 13.1. The first-order chi connectivity index (χ1) is 8.74. The monoisotopic (exact) mass is 265 g/mol. The van der Waals surface area contributed by atoms with Crippen molar-refractivity contribution in [2.75, 3.05) is 6.54 Å². The van der Waals surface area contributed by atoms with Gasteiger partial charge in [-0.3, -0.25) is 0 Å². The lowest BCUT2D eigenvalue weighted by atomic mass is 10.1. The highest BCUT2D eigenvalue weighted by atomic mass is 35.5. The van der Waals surface area contributed by atoms with E-state index in [1.165, 1.54) is 0 Å². The highest BCUT2D eigenvalue weighted by molar-refractivity contribution is 6.31. The van der Waals surface area contributed by atoms with Crippen molar-refractivity contribution >= 4 is 22.6 Å². The molecule has 0 aliphatic rings. The van der Waals surface area contributed by atoms with E-state index >= 15 is 0 Å². The molecule has 0 spiro atoms. The summed E-state index contributed by atoms with van der Waals surface area (Å²) in [6, 6.07) is 8.16. The van der Waals surface area contributed by atoms with Crippen LogP contribution < -0.4 is 5.32 Å². The van der Waals surface area contributed by atoms with Gasteiger partial charge < -0.3 is 9.73 Å². The number of hydrogen-bond acceptors (Lipinski definition) is 2. The first kappa shape index (κ1) is 13.4. The SMILES string of the molecule is CCCNC(CCC)c1cc2cc(Cl)ccc2o1. The fourth-order valence-corrected chi connectivity index (χ4v) is 2.34. The van der Waals surface area contributed by atoms with Crippen LogP contribution in [0.5, 0.6) is 0 Å². The first-order valence-electron chi connectivity index (χ1n) is 6.67. The number of halogens is 1. The Balaban J connectivity index is 2.26. The lowest BCUT2D eigenvalue weighted by Gasteiger charge is -2.14. The predicted octanol–water partition coefficient (Wildman–Crippen LogP) is 4.93. The zero-order valence-corrected chi connectivity index (χ0v) is 11.8. The molecule has 0 radical (unpaired) electrons. The average Bonchev–Trinajstić information content (AvgIpc) is 2.77. The summed E-state index contributed by atoms with van der Waals surface area (Å²) in [6.45, 7) is 5.39. The fraction of sp³-hybridized carbons (Fsp3) is 0.467. The van der Waals surface area contributed by atoms with E-state index in [0.717, 1.165) is 47.6 Å². The maximum Gasteiger partial charge on any atom is 0.134 e. The minimum atomic E-state index is 0.307. The van der Waals surface area contributed by atoms with Crippen LogP contribution in [-0.4, -0.2) is 6.54 Å². The maximum absolute atomic E-state index is 5.99. The molecule has 0 saturated carbocycles. The minimum absolute atomic E-state index is 0.307. The second kappa shape index (κ2) is 6.26. The lowest BCUT2D eigenvalue weighted by molar-refractivity contribution is 0.408. The van der Waals surface area contributed by atoms with Crippen molar-refractivity contribution in [3.63, 3.8) is 0 Å². The van der Waals surface area contributed by atoms with Crippen LogP contribution in [0.4, 0.5) is 0 Å². The summed E-state index contributed by atoms with van der Waals surface area (Å²) in [5.74, 6) is 1.02.